The fourth-order valence-corrected chi connectivity index (χ4v) is 4.38. The van der Waals surface area contributed by atoms with Gasteiger partial charge in [0.05, 0.1) is 18.0 Å². The Labute approximate surface area is 177 Å². The average Bonchev–Trinajstić information content (AvgIpc) is 3.03. The highest BCUT2D eigenvalue weighted by Crippen LogP contribution is 2.29. The second-order valence-electron chi connectivity index (χ2n) is 6.46. The molecule has 3 N–H and O–H groups in total. The van der Waals surface area contributed by atoms with Crippen LogP contribution in [0.4, 0.5) is 11.4 Å². The molecule has 1 aliphatic heterocycles. The second-order valence-corrected chi connectivity index (χ2v) is 8.47. The summed E-state index contributed by atoms with van der Waals surface area (Å²) in [6.07, 6.45) is 0.745. The standard InChI is InChI=1S/C19H24N4O2S.HI/c1-14-7-8-17(13-15(14)2)22-19(20)21-10-12-26(24,25)23-11-9-16-5-3-4-6-18(16)23;/h3-8,13H,9-12H2,1-2H3,(H3,20,21,22);1H. The average molecular weight is 500 g/mol. The highest BCUT2D eigenvalue weighted by Gasteiger charge is 2.28. The SMILES string of the molecule is Cc1ccc(NC(N)=NCCS(=O)(=O)N2CCc3ccccc32)cc1C.I. The summed E-state index contributed by atoms with van der Waals surface area (Å²) in [5.41, 5.74) is 10.9. The van der Waals surface area contributed by atoms with Crippen LogP contribution >= 0.6 is 24.0 Å². The molecule has 146 valence electrons. The first-order valence-electron chi connectivity index (χ1n) is 8.59. The number of nitrogens with zero attached hydrogens (tertiary/aromatic N) is 2. The fourth-order valence-electron chi connectivity index (χ4n) is 3.00. The van der Waals surface area contributed by atoms with Gasteiger partial charge in [0.25, 0.3) is 0 Å². The van der Waals surface area contributed by atoms with E-state index in [1.54, 1.807) is 0 Å². The Bertz CT molecular complexity index is 944. The molecule has 1 heterocycles. The minimum atomic E-state index is -3.41. The van der Waals surface area contributed by atoms with Crippen molar-refractivity contribution in [2.24, 2.45) is 10.7 Å². The summed E-state index contributed by atoms with van der Waals surface area (Å²) in [6.45, 7) is 4.67. The molecule has 0 atom stereocenters. The number of nitrogens with one attached hydrogen (secondary N) is 1. The number of aliphatic imine (C=N–C) groups is 1. The smallest absolute Gasteiger partial charge is 0.237 e. The van der Waals surface area contributed by atoms with Crippen molar-refractivity contribution in [3.63, 3.8) is 0 Å². The summed E-state index contributed by atoms with van der Waals surface area (Å²) < 4.78 is 26.7. The first kappa shape index (κ1) is 21.5. The van der Waals surface area contributed by atoms with Crippen LogP contribution in [-0.4, -0.2) is 33.2 Å². The third-order valence-corrected chi connectivity index (χ3v) is 6.34. The number of halogens is 1. The maximum absolute atomic E-state index is 12.6. The predicted octanol–water partition coefficient (Wildman–Crippen LogP) is 3.04. The van der Waals surface area contributed by atoms with Crippen LogP contribution in [0.3, 0.4) is 0 Å². The van der Waals surface area contributed by atoms with Gasteiger partial charge in [0.15, 0.2) is 5.96 Å². The van der Waals surface area contributed by atoms with Crippen molar-refractivity contribution in [1.29, 1.82) is 0 Å². The predicted molar refractivity (Wildman–Crippen MR) is 123 cm³/mol. The van der Waals surface area contributed by atoms with Crippen molar-refractivity contribution in [2.45, 2.75) is 20.3 Å². The molecule has 8 heteroatoms. The van der Waals surface area contributed by atoms with Crippen molar-refractivity contribution in [3.8, 4) is 0 Å². The van der Waals surface area contributed by atoms with Crippen LogP contribution in [0, 0.1) is 13.8 Å². The van der Waals surface area contributed by atoms with Gasteiger partial charge in [0, 0.05) is 12.2 Å². The number of hydrogen-bond donors (Lipinski definition) is 2. The molecule has 3 rings (SSSR count). The zero-order valence-electron chi connectivity index (χ0n) is 15.5. The normalized spacial score (nSPS) is 13.9. The largest absolute Gasteiger partial charge is 0.370 e. The van der Waals surface area contributed by atoms with E-state index < -0.39 is 10.0 Å². The quantitative estimate of drug-likeness (QED) is 0.376. The van der Waals surface area contributed by atoms with Gasteiger partial charge in [-0.15, -0.1) is 24.0 Å². The van der Waals surface area contributed by atoms with E-state index in [1.165, 1.54) is 9.87 Å². The lowest BCUT2D eigenvalue weighted by atomic mass is 10.1. The number of aryl methyl sites for hydroxylation is 2. The van der Waals surface area contributed by atoms with Crippen molar-refractivity contribution in [1.82, 2.24) is 0 Å². The lowest BCUT2D eigenvalue weighted by Gasteiger charge is -2.19. The molecule has 0 aromatic heterocycles. The van der Waals surface area contributed by atoms with E-state index in [-0.39, 0.29) is 42.2 Å². The van der Waals surface area contributed by atoms with Crippen molar-refractivity contribution in [2.75, 3.05) is 28.5 Å². The second kappa shape index (κ2) is 8.92. The van der Waals surface area contributed by atoms with E-state index in [0.29, 0.717) is 6.54 Å². The number of benzene rings is 2. The lowest BCUT2D eigenvalue weighted by Crippen LogP contribution is -2.33. The third-order valence-electron chi connectivity index (χ3n) is 4.59. The highest BCUT2D eigenvalue weighted by molar-refractivity contribution is 14.0. The molecule has 0 fully saturated rings. The van der Waals surface area contributed by atoms with E-state index in [1.807, 2.05) is 56.3 Å². The van der Waals surface area contributed by atoms with Crippen LogP contribution in [0.5, 0.6) is 0 Å². The minimum absolute atomic E-state index is 0. The maximum atomic E-state index is 12.6. The Kier molecular flexibility index (Phi) is 7.10. The molecule has 1 aliphatic rings. The molecule has 0 spiro atoms. The Morgan fingerprint density at radius 3 is 2.67 bits per heavy atom. The van der Waals surface area contributed by atoms with Crippen LogP contribution < -0.4 is 15.4 Å². The number of anilines is 2. The van der Waals surface area contributed by atoms with Gasteiger partial charge in [-0.1, -0.05) is 24.3 Å². The van der Waals surface area contributed by atoms with Crippen molar-refractivity contribution < 1.29 is 8.42 Å². The molecular formula is C19H25IN4O2S. The number of para-hydroxylation sites is 1. The molecule has 2 aromatic rings. The minimum Gasteiger partial charge on any atom is -0.370 e. The van der Waals surface area contributed by atoms with Gasteiger partial charge in [-0.3, -0.25) is 9.30 Å². The number of nitrogens with two attached hydrogens (primary N) is 1. The Hall–Kier alpha value is -1.81. The molecule has 0 unspecified atom stereocenters. The van der Waals surface area contributed by atoms with Gasteiger partial charge in [-0.05, 0) is 55.2 Å². The number of guanidine groups is 1. The summed E-state index contributed by atoms with van der Waals surface area (Å²) in [5, 5.41) is 3.00. The first-order valence-corrected chi connectivity index (χ1v) is 10.2. The summed E-state index contributed by atoms with van der Waals surface area (Å²) in [7, 11) is -3.41. The van der Waals surface area contributed by atoms with E-state index in [4.69, 9.17) is 5.73 Å². The lowest BCUT2D eigenvalue weighted by molar-refractivity contribution is 0.592. The van der Waals surface area contributed by atoms with E-state index in [9.17, 15) is 8.42 Å². The monoisotopic (exact) mass is 500 g/mol. The zero-order chi connectivity index (χ0) is 18.7. The van der Waals surface area contributed by atoms with Crippen LogP contribution in [-0.2, 0) is 16.4 Å². The molecule has 0 saturated heterocycles. The maximum Gasteiger partial charge on any atom is 0.237 e. The van der Waals surface area contributed by atoms with Crippen molar-refractivity contribution in [3.05, 3.63) is 59.2 Å². The van der Waals surface area contributed by atoms with Gasteiger partial charge in [-0.25, -0.2) is 8.42 Å². The van der Waals surface area contributed by atoms with Gasteiger partial charge in [-0.2, -0.15) is 0 Å². The molecule has 2 aromatic carbocycles. The van der Waals surface area contributed by atoms with Crippen LogP contribution in [0.2, 0.25) is 0 Å². The molecule has 27 heavy (non-hydrogen) atoms. The number of sulfonamides is 1. The molecule has 6 nitrogen and oxygen atoms in total. The summed E-state index contributed by atoms with van der Waals surface area (Å²) in [5.74, 6) is 0.140. The fraction of sp³-hybridized carbons (Fsp3) is 0.316. The van der Waals surface area contributed by atoms with Crippen LogP contribution in [0.25, 0.3) is 0 Å². The summed E-state index contributed by atoms with van der Waals surface area (Å²) in [6, 6.07) is 13.5. The number of hydrogen-bond acceptors (Lipinski definition) is 3. The number of fused-ring (bicyclic) bond motifs is 1. The van der Waals surface area contributed by atoms with Crippen LogP contribution in [0.1, 0.15) is 16.7 Å². The summed E-state index contributed by atoms with van der Waals surface area (Å²) >= 11 is 0. The highest BCUT2D eigenvalue weighted by atomic mass is 127. The molecule has 0 amide bonds. The number of rotatable bonds is 5. The van der Waals surface area contributed by atoms with Gasteiger partial charge in [0.1, 0.15) is 0 Å². The molecule has 0 saturated carbocycles. The molecule has 0 aliphatic carbocycles. The Balaban J connectivity index is 0.00000261. The first-order chi connectivity index (χ1) is 12.4. The topological polar surface area (TPSA) is 87.8 Å². The van der Waals surface area contributed by atoms with Crippen LogP contribution in [0.15, 0.2) is 47.5 Å². The molecular weight excluding hydrogens is 475 g/mol. The molecule has 0 bridgehead atoms. The van der Waals surface area contributed by atoms with Gasteiger partial charge >= 0.3 is 0 Å². The third kappa shape index (κ3) is 5.13. The summed E-state index contributed by atoms with van der Waals surface area (Å²) in [4.78, 5) is 4.16. The zero-order valence-corrected chi connectivity index (χ0v) is 18.6. The van der Waals surface area contributed by atoms with E-state index >= 15 is 0 Å². The van der Waals surface area contributed by atoms with E-state index in [0.717, 1.165) is 28.9 Å². The Morgan fingerprint density at radius 1 is 1.19 bits per heavy atom. The van der Waals surface area contributed by atoms with Crippen molar-refractivity contribution >= 4 is 51.3 Å². The van der Waals surface area contributed by atoms with Gasteiger partial charge < -0.3 is 11.1 Å². The molecule has 0 radical (unpaired) electrons. The van der Waals surface area contributed by atoms with E-state index in [2.05, 4.69) is 10.3 Å². The Morgan fingerprint density at radius 2 is 1.93 bits per heavy atom. The van der Waals surface area contributed by atoms with Gasteiger partial charge in [0.2, 0.25) is 10.0 Å².